The Morgan fingerprint density at radius 3 is 3.06 bits per heavy atom. The first-order chi connectivity index (χ1) is 7.85. The molecular formula is C11H9N3OS. The number of hydrogen-bond donors (Lipinski definition) is 0. The van der Waals surface area contributed by atoms with Crippen molar-refractivity contribution >= 4 is 22.6 Å². The first kappa shape index (κ1) is 9.35. The fraction of sp³-hybridized carbons (Fsp3) is 0.0909. The van der Waals surface area contributed by atoms with E-state index in [4.69, 9.17) is 0 Å². The van der Waals surface area contributed by atoms with E-state index in [9.17, 15) is 4.79 Å². The highest BCUT2D eigenvalue weighted by atomic mass is 32.1. The summed E-state index contributed by atoms with van der Waals surface area (Å²) < 4.78 is 3.96. The van der Waals surface area contributed by atoms with Gasteiger partial charge in [0.2, 0.25) is 0 Å². The Morgan fingerprint density at radius 2 is 2.31 bits per heavy atom. The van der Waals surface area contributed by atoms with Crippen LogP contribution in [0.4, 0.5) is 0 Å². The zero-order valence-corrected chi connectivity index (χ0v) is 9.22. The highest BCUT2D eigenvalue weighted by Crippen LogP contribution is 2.12. The van der Waals surface area contributed by atoms with Gasteiger partial charge in [-0.3, -0.25) is 9.20 Å². The molecule has 3 aromatic heterocycles. The molecule has 0 spiro atoms. The molecule has 0 aromatic carbocycles. The average molecular weight is 231 g/mol. The number of aldehydes is 1. The largest absolute Gasteiger partial charge is 0.348 e. The molecule has 0 bridgehead atoms. The summed E-state index contributed by atoms with van der Waals surface area (Å²) in [5, 5.41) is 2.01. The first-order valence-electron chi connectivity index (χ1n) is 4.87. The van der Waals surface area contributed by atoms with Gasteiger partial charge in [-0.25, -0.2) is 4.98 Å². The van der Waals surface area contributed by atoms with Crippen LogP contribution >= 0.6 is 11.3 Å². The Hall–Kier alpha value is -1.88. The number of hydrogen-bond acceptors (Lipinski definition) is 3. The number of rotatable bonds is 3. The van der Waals surface area contributed by atoms with Gasteiger partial charge in [0, 0.05) is 35.7 Å². The molecule has 0 aliphatic rings. The third kappa shape index (κ3) is 1.55. The summed E-state index contributed by atoms with van der Waals surface area (Å²) >= 11 is 1.61. The molecule has 0 saturated carbocycles. The molecule has 4 nitrogen and oxygen atoms in total. The second kappa shape index (κ2) is 3.61. The summed E-state index contributed by atoms with van der Waals surface area (Å²) in [5.74, 6) is 0. The fourth-order valence-electron chi connectivity index (χ4n) is 1.67. The monoisotopic (exact) mass is 231 g/mol. The quantitative estimate of drug-likeness (QED) is 0.647. The molecule has 0 fully saturated rings. The molecule has 0 radical (unpaired) electrons. The molecule has 0 unspecified atom stereocenters. The lowest BCUT2D eigenvalue weighted by Crippen LogP contribution is -1.96. The van der Waals surface area contributed by atoms with Crippen LogP contribution in [0.2, 0.25) is 0 Å². The van der Waals surface area contributed by atoms with Crippen molar-refractivity contribution in [2.45, 2.75) is 6.54 Å². The van der Waals surface area contributed by atoms with E-state index in [1.165, 1.54) is 0 Å². The topological polar surface area (TPSA) is 39.3 Å². The standard InChI is InChI=1S/C11H9N3OS/c15-8-9-1-2-13(5-9)6-10-7-14-3-4-16-11(14)12-10/h1-5,7-8H,6H2. The summed E-state index contributed by atoms with van der Waals surface area (Å²) in [7, 11) is 0. The number of carbonyl (C=O) groups is 1. The van der Waals surface area contributed by atoms with E-state index in [-0.39, 0.29) is 0 Å². The predicted molar refractivity (Wildman–Crippen MR) is 62.0 cm³/mol. The Labute approximate surface area is 95.8 Å². The van der Waals surface area contributed by atoms with Crippen molar-refractivity contribution in [3.05, 3.63) is 47.5 Å². The van der Waals surface area contributed by atoms with Crippen LogP contribution in [-0.4, -0.2) is 20.2 Å². The van der Waals surface area contributed by atoms with Gasteiger partial charge in [-0.1, -0.05) is 0 Å². The van der Waals surface area contributed by atoms with Gasteiger partial charge in [0.05, 0.1) is 12.2 Å². The lowest BCUT2D eigenvalue weighted by atomic mass is 10.4. The maximum atomic E-state index is 10.5. The molecule has 0 aliphatic heterocycles. The third-order valence-corrected chi connectivity index (χ3v) is 3.17. The number of carbonyl (C=O) groups excluding carboxylic acids is 1. The highest BCUT2D eigenvalue weighted by molar-refractivity contribution is 7.15. The van der Waals surface area contributed by atoms with Crippen LogP contribution in [0.3, 0.4) is 0 Å². The summed E-state index contributed by atoms with van der Waals surface area (Å²) in [6.07, 6.45) is 8.55. The van der Waals surface area contributed by atoms with Crippen LogP contribution in [0.1, 0.15) is 16.1 Å². The molecule has 5 heteroatoms. The molecular weight excluding hydrogens is 222 g/mol. The minimum absolute atomic E-state index is 0.695. The van der Waals surface area contributed by atoms with Gasteiger partial charge in [-0.2, -0.15) is 0 Å². The fourth-order valence-corrected chi connectivity index (χ4v) is 2.39. The van der Waals surface area contributed by atoms with Crippen molar-refractivity contribution in [2.24, 2.45) is 0 Å². The minimum atomic E-state index is 0.695. The number of nitrogens with zero attached hydrogens (tertiary/aromatic N) is 3. The summed E-state index contributed by atoms with van der Waals surface area (Å²) in [4.78, 5) is 16.0. The van der Waals surface area contributed by atoms with Gasteiger partial charge in [0.15, 0.2) is 11.2 Å². The van der Waals surface area contributed by atoms with Crippen molar-refractivity contribution in [2.75, 3.05) is 0 Å². The van der Waals surface area contributed by atoms with E-state index < -0.39 is 0 Å². The molecule has 3 rings (SSSR count). The van der Waals surface area contributed by atoms with E-state index in [1.807, 2.05) is 39.1 Å². The van der Waals surface area contributed by atoms with Crippen LogP contribution in [-0.2, 0) is 6.54 Å². The van der Waals surface area contributed by atoms with Crippen molar-refractivity contribution in [3.63, 3.8) is 0 Å². The van der Waals surface area contributed by atoms with E-state index in [0.717, 1.165) is 16.9 Å². The molecule has 0 atom stereocenters. The Morgan fingerprint density at radius 1 is 1.38 bits per heavy atom. The van der Waals surface area contributed by atoms with E-state index in [1.54, 1.807) is 17.4 Å². The normalized spacial score (nSPS) is 11.0. The van der Waals surface area contributed by atoms with Crippen LogP contribution in [0.5, 0.6) is 0 Å². The van der Waals surface area contributed by atoms with Crippen molar-refractivity contribution in [1.29, 1.82) is 0 Å². The van der Waals surface area contributed by atoms with Crippen molar-refractivity contribution < 1.29 is 4.79 Å². The molecule has 0 N–H and O–H groups in total. The van der Waals surface area contributed by atoms with Crippen LogP contribution in [0, 0.1) is 0 Å². The summed E-state index contributed by atoms with van der Waals surface area (Å²) in [5.41, 5.74) is 1.70. The zero-order chi connectivity index (χ0) is 11.0. The van der Waals surface area contributed by atoms with Gasteiger partial charge < -0.3 is 4.57 Å². The van der Waals surface area contributed by atoms with Crippen LogP contribution < -0.4 is 0 Å². The Bertz CT molecular complexity index is 606. The maximum absolute atomic E-state index is 10.5. The third-order valence-electron chi connectivity index (χ3n) is 2.40. The van der Waals surface area contributed by atoms with Gasteiger partial charge in [0.1, 0.15) is 0 Å². The number of aromatic nitrogens is 3. The number of thiazole rings is 1. The number of fused-ring (bicyclic) bond motifs is 1. The van der Waals surface area contributed by atoms with E-state index >= 15 is 0 Å². The lowest BCUT2D eigenvalue weighted by molar-refractivity contribution is 0.112. The SMILES string of the molecule is O=Cc1ccn(Cc2cn3ccsc3n2)c1. The molecule has 0 amide bonds. The van der Waals surface area contributed by atoms with Crippen molar-refractivity contribution in [1.82, 2.24) is 14.0 Å². The van der Waals surface area contributed by atoms with E-state index in [0.29, 0.717) is 12.1 Å². The molecule has 3 aromatic rings. The maximum Gasteiger partial charge on any atom is 0.193 e. The summed E-state index contributed by atoms with van der Waals surface area (Å²) in [6, 6.07) is 1.80. The second-order valence-electron chi connectivity index (χ2n) is 3.56. The predicted octanol–water partition coefficient (Wildman–Crippen LogP) is 2.06. The highest BCUT2D eigenvalue weighted by Gasteiger charge is 2.03. The van der Waals surface area contributed by atoms with Crippen molar-refractivity contribution in [3.8, 4) is 0 Å². The van der Waals surface area contributed by atoms with Crippen LogP contribution in [0.15, 0.2) is 36.2 Å². The molecule has 0 aliphatic carbocycles. The average Bonchev–Trinajstić information content (AvgIpc) is 2.92. The molecule has 3 heterocycles. The van der Waals surface area contributed by atoms with Gasteiger partial charge >= 0.3 is 0 Å². The minimum Gasteiger partial charge on any atom is -0.348 e. The molecule has 16 heavy (non-hydrogen) atoms. The van der Waals surface area contributed by atoms with E-state index in [2.05, 4.69) is 4.98 Å². The van der Waals surface area contributed by atoms with Gasteiger partial charge in [-0.15, -0.1) is 11.3 Å². The number of imidazole rings is 1. The second-order valence-corrected chi connectivity index (χ2v) is 4.43. The molecule has 0 saturated heterocycles. The zero-order valence-electron chi connectivity index (χ0n) is 8.41. The summed E-state index contributed by atoms with van der Waals surface area (Å²) in [6.45, 7) is 0.697. The van der Waals surface area contributed by atoms with Gasteiger partial charge in [0.25, 0.3) is 0 Å². The Kier molecular flexibility index (Phi) is 2.11. The lowest BCUT2D eigenvalue weighted by Gasteiger charge is -1.97. The van der Waals surface area contributed by atoms with Gasteiger partial charge in [-0.05, 0) is 6.07 Å². The molecule has 80 valence electrons. The Balaban J connectivity index is 1.88. The first-order valence-corrected chi connectivity index (χ1v) is 5.75. The smallest absolute Gasteiger partial charge is 0.193 e. The van der Waals surface area contributed by atoms with Crippen LogP contribution in [0.25, 0.3) is 4.96 Å².